The summed E-state index contributed by atoms with van der Waals surface area (Å²) in [5.74, 6) is 7.45. The second kappa shape index (κ2) is 10.3. The molecule has 1 aliphatic heterocycles. The topological polar surface area (TPSA) is 47.6 Å². The van der Waals surface area contributed by atoms with Crippen molar-refractivity contribution in [3.05, 3.63) is 95.6 Å². The van der Waals surface area contributed by atoms with E-state index in [1.54, 1.807) is 0 Å². The highest BCUT2D eigenvalue weighted by molar-refractivity contribution is 5.77. The monoisotopic (exact) mass is 439 g/mol. The Hall–Kier alpha value is -3.71. The first-order chi connectivity index (χ1) is 16.0. The molecule has 0 saturated carbocycles. The summed E-state index contributed by atoms with van der Waals surface area (Å²) in [6, 6.07) is 26.2. The molecular formula is C29H29NO3. The predicted octanol–water partition coefficient (Wildman–Crippen LogP) is 5.12. The van der Waals surface area contributed by atoms with Gasteiger partial charge in [0.1, 0.15) is 12.2 Å². The fraction of sp³-hybridized carbons (Fsp3) is 0.276. The molecule has 0 fully saturated rings. The lowest BCUT2D eigenvalue weighted by Crippen LogP contribution is -2.25. The van der Waals surface area contributed by atoms with E-state index in [0.717, 1.165) is 28.9 Å². The molecule has 0 atom stereocenters. The van der Waals surface area contributed by atoms with Crippen LogP contribution in [0.3, 0.4) is 0 Å². The summed E-state index contributed by atoms with van der Waals surface area (Å²) in [6.45, 7) is 4.67. The van der Waals surface area contributed by atoms with Crippen LogP contribution in [-0.4, -0.2) is 24.7 Å². The van der Waals surface area contributed by atoms with E-state index in [-0.39, 0.29) is 30.6 Å². The van der Waals surface area contributed by atoms with Crippen LogP contribution in [0.25, 0.3) is 0 Å². The molecule has 0 unspecified atom stereocenters. The van der Waals surface area contributed by atoms with Gasteiger partial charge in [-0.3, -0.25) is 4.79 Å². The van der Waals surface area contributed by atoms with Crippen LogP contribution in [0.2, 0.25) is 0 Å². The molecule has 3 aromatic rings. The van der Waals surface area contributed by atoms with Crippen LogP contribution >= 0.6 is 0 Å². The van der Waals surface area contributed by atoms with Crippen LogP contribution in [0.4, 0.5) is 0 Å². The van der Waals surface area contributed by atoms with Crippen molar-refractivity contribution < 1.29 is 14.3 Å². The minimum atomic E-state index is -0.213. The Kier molecular flexibility index (Phi) is 7.00. The largest absolute Gasteiger partial charge is 0.483 e. The number of ether oxygens (including phenoxy) is 2. The second-order valence-electron chi connectivity index (χ2n) is 8.78. The fourth-order valence-electron chi connectivity index (χ4n) is 4.13. The highest BCUT2D eigenvalue weighted by Crippen LogP contribution is 2.41. The van der Waals surface area contributed by atoms with E-state index in [4.69, 9.17) is 9.47 Å². The van der Waals surface area contributed by atoms with E-state index >= 15 is 0 Å². The van der Waals surface area contributed by atoms with Gasteiger partial charge in [0.15, 0.2) is 11.5 Å². The number of hydrogen-bond acceptors (Lipinski definition) is 3. The van der Waals surface area contributed by atoms with Crippen LogP contribution in [0.15, 0.2) is 78.9 Å². The zero-order valence-corrected chi connectivity index (χ0v) is 19.1. The Labute approximate surface area is 195 Å². The lowest BCUT2D eigenvalue weighted by molar-refractivity contribution is -0.121. The Morgan fingerprint density at radius 3 is 2.30 bits per heavy atom. The van der Waals surface area contributed by atoms with Gasteiger partial charge in [0.2, 0.25) is 5.91 Å². The molecule has 168 valence electrons. The van der Waals surface area contributed by atoms with Gasteiger partial charge < -0.3 is 14.8 Å². The quantitative estimate of drug-likeness (QED) is 0.520. The zero-order valence-electron chi connectivity index (χ0n) is 19.1. The van der Waals surface area contributed by atoms with Crippen LogP contribution in [0.5, 0.6) is 11.5 Å². The van der Waals surface area contributed by atoms with Gasteiger partial charge in [0.05, 0.1) is 6.54 Å². The molecule has 4 heteroatoms. The predicted molar refractivity (Wildman–Crippen MR) is 130 cm³/mol. The summed E-state index contributed by atoms with van der Waals surface area (Å²) in [6.07, 6.45) is 1.24. The summed E-state index contributed by atoms with van der Waals surface area (Å²) in [4.78, 5) is 12.6. The number of amides is 1. The molecule has 0 bridgehead atoms. The first-order valence-electron chi connectivity index (χ1n) is 11.3. The molecule has 1 N–H and O–H groups in total. The molecule has 1 aliphatic rings. The van der Waals surface area contributed by atoms with Gasteiger partial charge in [-0.2, -0.15) is 0 Å². The lowest BCUT2D eigenvalue weighted by Gasteiger charge is -2.18. The van der Waals surface area contributed by atoms with Gasteiger partial charge in [0, 0.05) is 24.3 Å². The van der Waals surface area contributed by atoms with Crippen molar-refractivity contribution in [2.45, 2.75) is 38.2 Å². The number of hydrogen-bond donors (Lipinski definition) is 1. The second-order valence-corrected chi connectivity index (χ2v) is 8.78. The Bertz CT molecular complexity index is 1100. The van der Waals surface area contributed by atoms with Gasteiger partial charge in [-0.05, 0) is 31.0 Å². The maximum absolute atomic E-state index is 12.6. The van der Waals surface area contributed by atoms with Crippen molar-refractivity contribution in [3.63, 3.8) is 0 Å². The van der Waals surface area contributed by atoms with Crippen LogP contribution < -0.4 is 14.8 Å². The van der Waals surface area contributed by atoms with E-state index in [0.29, 0.717) is 12.2 Å². The van der Waals surface area contributed by atoms with Gasteiger partial charge in [0.25, 0.3) is 0 Å². The fourth-order valence-corrected chi connectivity index (χ4v) is 4.13. The van der Waals surface area contributed by atoms with Crippen molar-refractivity contribution in [2.75, 3.05) is 13.2 Å². The Morgan fingerprint density at radius 2 is 1.64 bits per heavy atom. The minimum absolute atomic E-state index is 0.00752. The van der Waals surface area contributed by atoms with Crippen molar-refractivity contribution in [2.24, 2.45) is 0 Å². The van der Waals surface area contributed by atoms with Gasteiger partial charge >= 0.3 is 0 Å². The van der Waals surface area contributed by atoms with Gasteiger partial charge in [-0.1, -0.05) is 84.6 Å². The third-order valence-corrected chi connectivity index (χ3v) is 5.65. The molecule has 0 radical (unpaired) electrons. The van der Waals surface area contributed by atoms with E-state index in [1.165, 1.54) is 0 Å². The molecular weight excluding hydrogens is 410 g/mol. The molecule has 4 rings (SSSR count). The van der Waals surface area contributed by atoms with E-state index in [2.05, 4.69) is 61.3 Å². The standard InChI is InChI=1S/C29H29NO3/c1-29(2)21-24-16-11-17-26(28(24)33-29)32-19-10-9-18-30-27(31)20-25(22-12-5-3-6-13-22)23-14-7-4-8-15-23/h3-8,11-17,25H,18-21H2,1-2H3,(H,30,31). The molecule has 0 aliphatic carbocycles. The van der Waals surface area contributed by atoms with Crippen molar-refractivity contribution in [1.82, 2.24) is 5.32 Å². The van der Waals surface area contributed by atoms with Gasteiger partial charge in [-0.15, -0.1) is 0 Å². The molecule has 0 saturated heterocycles. The summed E-state index contributed by atoms with van der Waals surface area (Å²) in [7, 11) is 0. The Morgan fingerprint density at radius 1 is 0.970 bits per heavy atom. The van der Waals surface area contributed by atoms with Crippen LogP contribution in [0, 0.1) is 11.8 Å². The average molecular weight is 440 g/mol. The number of fused-ring (bicyclic) bond motifs is 1. The number of para-hydroxylation sites is 1. The molecule has 0 aromatic heterocycles. The molecule has 4 nitrogen and oxygen atoms in total. The highest BCUT2D eigenvalue weighted by Gasteiger charge is 2.32. The van der Waals surface area contributed by atoms with Gasteiger partial charge in [-0.25, -0.2) is 0 Å². The third-order valence-electron chi connectivity index (χ3n) is 5.65. The normalized spacial score (nSPS) is 13.4. The first-order valence-corrected chi connectivity index (χ1v) is 11.3. The maximum atomic E-state index is 12.6. The summed E-state index contributed by atoms with van der Waals surface area (Å²) in [5, 5.41) is 2.91. The summed E-state index contributed by atoms with van der Waals surface area (Å²) < 4.78 is 11.8. The maximum Gasteiger partial charge on any atom is 0.221 e. The number of benzene rings is 3. The number of carbonyl (C=O) groups excluding carboxylic acids is 1. The van der Waals surface area contributed by atoms with Crippen molar-refractivity contribution >= 4 is 5.91 Å². The van der Waals surface area contributed by atoms with Crippen molar-refractivity contribution in [1.29, 1.82) is 0 Å². The average Bonchev–Trinajstić information content (AvgIpc) is 3.15. The summed E-state index contributed by atoms with van der Waals surface area (Å²) in [5.41, 5.74) is 3.19. The van der Waals surface area contributed by atoms with Crippen LogP contribution in [0.1, 0.15) is 42.9 Å². The molecule has 0 spiro atoms. The lowest BCUT2D eigenvalue weighted by atomic mass is 9.88. The third kappa shape index (κ3) is 5.96. The molecule has 1 heterocycles. The summed E-state index contributed by atoms with van der Waals surface area (Å²) >= 11 is 0. The van der Waals surface area contributed by atoms with Crippen LogP contribution in [-0.2, 0) is 11.2 Å². The number of nitrogens with one attached hydrogen (secondary N) is 1. The van der Waals surface area contributed by atoms with E-state index in [1.807, 2.05) is 48.5 Å². The first kappa shape index (κ1) is 22.5. The van der Waals surface area contributed by atoms with E-state index in [9.17, 15) is 4.79 Å². The molecule has 3 aromatic carbocycles. The number of rotatable bonds is 7. The molecule has 1 amide bonds. The van der Waals surface area contributed by atoms with E-state index < -0.39 is 0 Å². The Balaban J connectivity index is 1.29. The smallest absolute Gasteiger partial charge is 0.221 e. The zero-order chi connectivity index (χ0) is 23.1. The van der Waals surface area contributed by atoms with Crippen molar-refractivity contribution in [3.8, 4) is 23.3 Å². The minimum Gasteiger partial charge on any atom is -0.483 e. The highest BCUT2D eigenvalue weighted by atomic mass is 16.5. The number of carbonyl (C=O) groups is 1. The molecule has 33 heavy (non-hydrogen) atoms. The SMILES string of the molecule is CC1(C)Cc2cccc(OCC#CCNC(=O)CC(c3ccccc3)c3ccccc3)c2O1.